The maximum absolute atomic E-state index is 14.9. The van der Waals surface area contributed by atoms with E-state index >= 15 is 0 Å². The van der Waals surface area contributed by atoms with Crippen LogP contribution in [0.5, 0.6) is 11.9 Å². The molecule has 1 aliphatic rings. The molecule has 1 amide bonds. The first-order chi connectivity index (χ1) is 15.7. The molecule has 0 bridgehead atoms. The Morgan fingerprint density at radius 3 is 2.79 bits per heavy atom. The molecule has 1 fully saturated rings. The summed E-state index contributed by atoms with van der Waals surface area (Å²) in [7, 11) is 2.89. The van der Waals surface area contributed by atoms with Gasteiger partial charge in [0, 0.05) is 37.6 Å². The number of rotatable bonds is 7. The first-order valence-corrected chi connectivity index (χ1v) is 10.4. The summed E-state index contributed by atoms with van der Waals surface area (Å²) < 4.78 is 41.6. The second-order valence-corrected chi connectivity index (χ2v) is 8.15. The van der Waals surface area contributed by atoms with Crippen LogP contribution >= 0.6 is 0 Å². The number of aromatic nitrogens is 5. The summed E-state index contributed by atoms with van der Waals surface area (Å²) in [5.74, 6) is -4.32. The van der Waals surface area contributed by atoms with E-state index in [0.717, 1.165) is 0 Å². The number of fused-ring (bicyclic) bond motifs is 1. The van der Waals surface area contributed by atoms with Crippen LogP contribution in [0.2, 0.25) is 0 Å². The Kier molecular flexibility index (Phi) is 6.00. The molecular weight excluding hydrogens is 436 g/mol. The zero-order valence-electron chi connectivity index (χ0n) is 18.7. The minimum absolute atomic E-state index is 0.000730. The van der Waals surface area contributed by atoms with Crippen LogP contribution in [0.3, 0.4) is 0 Å². The summed E-state index contributed by atoms with van der Waals surface area (Å²) in [5.41, 5.74) is 1.78. The Morgan fingerprint density at radius 1 is 1.30 bits per heavy atom. The van der Waals surface area contributed by atoms with Gasteiger partial charge in [0.2, 0.25) is 11.8 Å². The van der Waals surface area contributed by atoms with Crippen molar-refractivity contribution in [1.29, 1.82) is 0 Å². The van der Waals surface area contributed by atoms with Crippen molar-refractivity contribution in [3.05, 3.63) is 24.7 Å². The van der Waals surface area contributed by atoms with Gasteiger partial charge in [0.1, 0.15) is 5.69 Å². The summed E-state index contributed by atoms with van der Waals surface area (Å²) in [6.07, 6.45) is 4.40. The van der Waals surface area contributed by atoms with Gasteiger partial charge < -0.3 is 19.7 Å². The molecule has 3 aromatic heterocycles. The predicted octanol–water partition coefficient (Wildman–Crippen LogP) is 2.19. The fourth-order valence-electron chi connectivity index (χ4n) is 3.89. The number of nitrogens with zero attached hydrogens (tertiary/aromatic N) is 6. The lowest BCUT2D eigenvalue weighted by Crippen LogP contribution is -2.36. The van der Waals surface area contributed by atoms with Crippen molar-refractivity contribution in [1.82, 2.24) is 29.9 Å². The summed E-state index contributed by atoms with van der Waals surface area (Å²) in [6.45, 7) is 3.05. The van der Waals surface area contributed by atoms with Crippen molar-refractivity contribution in [3.63, 3.8) is 0 Å². The molecule has 1 aliphatic heterocycles. The van der Waals surface area contributed by atoms with Crippen LogP contribution in [0.15, 0.2) is 24.7 Å². The third-order valence-corrected chi connectivity index (χ3v) is 5.39. The van der Waals surface area contributed by atoms with Crippen molar-refractivity contribution >= 4 is 17.2 Å². The number of nitrogens with one attached hydrogen (secondary N) is 1. The number of methoxy groups -OCH3 is 2. The van der Waals surface area contributed by atoms with Gasteiger partial charge in [-0.25, -0.2) is 23.3 Å². The van der Waals surface area contributed by atoms with Crippen molar-refractivity contribution in [3.8, 4) is 23.1 Å². The summed E-state index contributed by atoms with van der Waals surface area (Å²) in [5, 5.41) is 7.20. The van der Waals surface area contributed by atoms with Gasteiger partial charge in [0.15, 0.2) is 5.65 Å². The third kappa shape index (κ3) is 4.50. The van der Waals surface area contributed by atoms with E-state index < -0.39 is 24.3 Å². The Morgan fingerprint density at radius 2 is 2.09 bits per heavy atom. The SMILES string of the molecule is COc1ncc(-c2cc(N3CC(CC(=O)NC(C)C)C(F)(F)C3)c3nccn3n2)c(OC)n1. The lowest BCUT2D eigenvalue weighted by Gasteiger charge is -2.19. The fourth-order valence-corrected chi connectivity index (χ4v) is 3.89. The molecular formula is C21H25F2N7O3. The van der Waals surface area contributed by atoms with Crippen LogP contribution in [-0.2, 0) is 4.79 Å². The minimum atomic E-state index is -3.04. The first-order valence-electron chi connectivity index (χ1n) is 10.4. The number of imidazole rings is 1. The summed E-state index contributed by atoms with van der Waals surface area (Å²) >= 11 is 0. The largest absolute Gasteiger partial charge is 0.480 e. The Hall–Kier alpha value is -3.57. The van der Waals surface area contributed by atoms with E-state index in [2.05, 4.69) is 25.4 Å². The van der Waals surface area contributed by atoms with Gasteiger partial charge in [-0.2, -0.15) is 10.1 Å². The molecule has 0 saturated carbocycles. The number of ether oxygens (including phenoxy) is 2. The zero-order chi connectivity index (χ0) is 23.8. The van der Waals surface area contributed by atoms with Crippen molar-refractivity contribution in [2.45, 2.75) is 32.2 Å². The Bertz CT molecular complexity index is 1170. The van der Waals surface area contributed by atoms with Gasteiger partial charge >= 0.3 is 6.01 Å². The van der Waals surface area contributed by atoms with Crippen LogP contribution in [-0.4, -0.2) is 69.7 Å². The molecule has 0 radical (unpaired) electrons. The molecule has 10 nitrogen and oxygen atoms in total. The van der Waals surface area contributed by atoms with Crippen LogP contribution in [0, 0.1) is 5.92 Å². The number of carbonyl (C=O) groups excluding carboxylic acids is 1. The average Bonchev–Trinajstić information content (AvgIpc) is 3.35. The number of anilines is 1. The average molecular weight is 461 g/mol. The molecule has 0 aliphatic carbocycles. The standard InChI is InChI=1S/C21H25F2N7O3/c1-12(2)26-17(31)7-13-10-29(11-21(13,22)23)16-8-15(28-30-6-5-24-18(16)30)14-9-25-20(33-4)27-19(14)32-3/h5-6,8-9,12-13H,7,10-11H2,1-4H3,(H,26,31). The zero-order valence-corrected chi connectivity index (χ0v) is 18.7. The van der Waals surface area contributed by atoms with Crippen LogP contribution in [0.4, 0.5) is 14.5 Å². The highest BCUT2D eigenvalue weighted by Gasteiger charge is 2.49. The highest BCUT2D eigenvalue weighted by Crippen LogP contribution is 2.40. The lowest BCUT2D eigenvalue weighted by molar-refractivity contribution is -0.125. The fraction of sp³-hybridized carbons (Fsp3) is 0.476. The summed E-state index contributed by atoms with van der Waals surface area (Å²) in [4.78, 5) is 26.3. The van der Waals surface area contributed by atoms with Gasteiger partial charge in [-0.15, -0.1) is 0 Å². The molecule has 1 atom stereocenters. The molecule has 1 unspecified atom stereocenters. The quantitative estimate of drug-likeness (QED) is 0.571. The third-order valence-electron chi connectivity index (χ3n) is 5.39. The second kappa shape index (κ2) is 8.75. The lowest BCUT2D eigenvalue weighted by atomic mass is 10.0. The molecule has 4 heterocycles. The number of amides is 1. The van der Waals surface area contributed by atoms with E-state index in [1.165, 1.54) is 29.8 Å². The molecule has 12 heteroatoms. The normalized spacial score (nSPS) is 17.5. The van der Waals surface area contributed by atoms with Gasteiger partial charge in [0.25, 0.3) is 5.92 Å². The number of halogens is 2. The van der Waals surface area contributed by atoms with E-state index in [1.54, 1.807) is 32.3 Å². The first kappa shape index (κ1) is 22.6. The minimum Gasteiger partial charge on any atom is -0.480 e. The predicted molar refractivity (Wildman–Crippen MR) is 116 cm³/mol. The van der Waals surface area contributed by atoms with E-state index in [1.807, 2.05) is 0 Å². The van der Waals surface area contributed by atoms with E-state index in [4.69, 9.17) is 9.47 Å². The number of hydrogen-bond acceptors (Lipinski definition) is 8. The van der Waals surface area contributed by atoms with Gasteiger partial charge in [0.05, 0.1) is 37.9 Å². The number of hydrogen-bond donors (Lipinski definition) is 1. The molecule has 4 rings (SSSR count). The molecule has 33 heavy (non-hydrogen) atoms. The van der Waals surface area contributed by atoms with E-state index in [9.17, 15) is 13.6 Å². The molecule has 1 N–H and O–H groups in total. The van der Waals surface area contributed by atoms with Crippen molar-refractivity contribution < 1.29 is 23.0 Å². The maximum Gasteiger partial charge on any atom is 0.319 e. The topological polar surface area (TPSA) is 107 Å². The number of alkyl halides is 2. The highest BCUT2D eigenvalue weighted by molar-refractivity contribution is 5.78. The number of carbonyl (C=O) groups is 1. The van der Waals surface area contributed by atoms with Gasteiger partial charge in [-0.1, -0.05) is 0 Å². The Labute approximate surface area is 188 Å². The molecule has 0 aromatic carbocycles. The second-order valence-electron chi connectivity index (χ2n) is 8.15. The summed E-state index contributed by atoms with van der Waals surface area (Å²) in [6, 6.07) is 1.67. The van der Waals surface area contributed by atoms with Crippen LogP contribution in [0.1, 0.15) is 20.3 Å². The van der Waals surface area contributed by atoms with E-state index in [0.29, 0.717) is 22.6 Å². The van der Waals surface area contributed by atoms with Gasteiger partial charge in [-0.05, 0) is 19.9 Å². The Balaban J connectivity index is 1.70. The maximum atomic E-state index is 14.9. The molecule has 3 aromatic rings. The smallest absolute Gasteiger partial charge is 0.319 e. The van der Waals surface area contributed by atoms with Gasteiger partial charge in [-0.3, -0.25) is 4.79 Å². The van der Waals surface area contributed by atoms with Crippen molar-refractivity contribution in [2.24, 2.45) is 5.92 Å². The monoisotopic (exact) mass is 461 g/mol. The molecule has 176 valence electrons. The van der Waals surface area contributed by atoms with Crippen LogP contribution < -0.4 is 19.7 Å². The molecule has 1 saturated heterocycles. The van der Waals surface area contributed by atoms with Crippen molar-refractivity contribution in [2.75, 3.05) is 32.2 Å². The highest BCUT2D eigenvalue weighted by atomic mass is 19.3. The van der Waals surface area contributed by atoms with E-state index in [-0.39, 0.29) is 30.9 Å². The molecule has 0 spiro atoms. The van der Waals surface area contributed by atoms with Crippen LogP contribution in [0.25, 0.3) is 16.9 Å².